The zero-order chi connectivity index (χ0) is 20.3. The number of fused-ring (bicyclic) bond motifs is 1. The van der Waals surface area contributed by atoms with Crippen LogP contribution in [0.25, 0.3) is 22.0 Å². The summed E-state index contributed by atoms with van der Waals surface area (Å²) in [6, 6.07) is 14.9. The first-order valence-electron chi connectivity index (χ1n) is 10.1. The Labute approximate surface area is 175 Å². The summed E-state index contributed by atoms with van der Waals surface area (Å²) < 4.78 is 0. The van der Waals surface area contributed by atoms with Crippen molar-refractivity contribution in [1.82, 2.24) is 25.3 Å². The zero-order valence-electron chi connectivity index (χ0n) is 16.8. The highest BCUT2D eigenvalue weighted by atomic mass is 15.3. The predicted octanol–water partition coefficient (Wildman–Crippen LogP) is 3.63. The average Bonchev–Trinajstić information content (AvgIpc) is 2.80. The van der Waals surface area contributed by atoms with E-state index in [2.05, 4.69) is 55.6 Å². The van der Waals surface area contributed by atoms with Crippen LogP contribution in [0.5, 0.6) is 0 Å². The maximum Gasteiger partial charge on any atom is 0.150 e. The van der Waals surface area contributed by atoms with E-state index >= 15 is 0 Å². The van der Waals surface area contributed by atoms with Crippen LogP contribution in [0.1, 0.15) is 6.92 Å². The summed E-state index contributed by atoms with van der Waals surface area (Å²) in [5.74, 6) is 2.38. The van der Waals surface area contributed by atoms with Gasteiger partial charge in [-0.05, 0) is 30.5 Å². The molecule has 4 aromatic rings. The summed E-state index contributed by atoms with van der Waals surface area (Å²) in [6.45, 7) is 5.10. The summed E-state index contributed by atoms with van der Waals surface area (Å²) in [5, 5.41) is 8.92. The van der Waals surface area contributed by atoms with Gasteiger partial charge in [-0.2, -0.15) is 0 Å². The monoisotopic (exact) mass is 397 g/mol. The first-order chi connectivity index (χ1) is 14.8. The van der Waals surface area contributed by atoms with Crippen molar-refractivity contribution in [2.45, 2.75) is 13.0 Å². The molecule has 0 radical (unpaired) electrons. The van der Waals surface area contributed by atoms with E-state index in [1.807, 2.05) is 30.5 Å². The van der Waals surface area contributed by atoms with Gasteiger partial charge in [0.25, 0.3) is 0 Å². The van der Waals surface area contributed by atoms with E-state index in [0.29, 0.717) is 11.9 Å². The fourth-order valence-electron chi connectivity index (χ4n) is 3.88. The summed E-state index contributed by atoms with van der Waals surface area (Å²) >= 11 is 0. The van der Waals surface area contributed by atoms with Crippen LogP contribution in [0.3, 0.4) is 0 Å². The molecule has 2 N–H and O–H groups in total. The SMILES string of the molecule is CC1CNCCN1c1cc(-c2nc(Nc3cnccn3)cc3ccccc23)ccn1. The number of aromatic nitrogens is 4. The first kappa shape index (κ1) is 18.4. The molecular weight excluding hydrogens is 374 g/mol. The highest BCUT2D eigenvalue weighted by molar-refractivity contribution is 5.96. The van der Waals surface area contributed by atoms with Crippen molar-refractivity contribution in [3.63, 3.8) is 0 Å². The molecule has 150 valence electrons. The molecule has 0 bridgehead atoms. The van der Waals surface area contributed by atoms with Gasteiger partial charge < -0.3 is 15.5 Å². The van der Waals surface area contributed by atoms with Gasteiger partial charge in [0, 0.05) is 55.2 Å². The van der Waals surface area contributed by atoms with E-state index in [4.69, 9.17) is 4.98 Å². The van der Waals surface area contributed by atoms with Crippen molar-refractivity contribution in [2.24, 2.45) is 0 Å². The molecule has 30 heavy (non-hydrogen) atoms. The molecule has 1 aliphatic rings. The van der Waals surface area contributed by atoms with Crippen LogP contribution in [-0.2, 0) is 0 Å². The second-order valence-electron chi connectivity index (χ2n) is 7.44. The maximum absolute atomic E-state index is 4.93. The van der Waals surface area contributed by atoms with Crippen LogP contribution in [0.2, 0.25) is 0 Å². The third-order valence-electron chi connectivity index (χ3n) is 5.37. The molecule has 5 rings (SSSR count). The van der Waals surface area contributed by atoms with Gasteiger partial charge in [0.05, 0.1) is 11.9 Å². The number of pyridine rings is 2. The Kier molecular flexibility index (Phi) is 4.94. The molecule has 0 saturated carbocycles. The van der Waals surface area contributed by atoms with Gasteiger partial charge in [0.15, 0.2) is 0 Å². The smallest absolute Gasteiger partial charge is 0.150 e. The number of nitrogens with zero attached hydrogens (tertiary/aromatic N) is 5. The molecule has 1 atom stereocenters. The molecule has 1 fully saturated rings. The molecule has 0 amide bonds. The third kappa shape index (κ3) is 3.67. The van der Waals surface area contributed by atoms with E-state index < -0.39 is 0 Å². The van der Waals surface area contributed by atoms with Crippen LogP contribution < -0.4 is 15.5 Å². The van der Waals surface area contributed by atoms with Crippen molar-refractivity contribution in [1.29, 1.82) is 0 Å². The van der Waals surface area contributed by atoms with E-state index in [1.54, 1.807) is 18.6 Å². The lowest BCUT2D eigenvalue weighted by Gasteiger charge is -2.35. The van der Waals surface area contributed by atoms with Crippen molar-refractivity contribution < 1.29 is 0 Å². The Balaban J connectivity index is 1.59. The summed E-state index contributed by atoms with van der Waals surface area (Å²) in [4.78, 5) is 20.4. The highest BCUT2D eigenvalue weighted by Gasteiger charge is 2.20. The number of hydrogen-bond donors (Lipinski definition) is 2. The Morgan fingerprint density at radius 2 is 1.97 bits per heavy atom. The zero-order valence-corrected chi connectivity index (χ0v) is 16.8. The molecule has 0 spiro atoms. The maximum atomic E-state index is 4.93. The second-order valence-corrected chi connectivity index (χ2v) is 7.44. The molecule has 1 unspecified atom stereocenters. The lowest BCUT2D eigenvalue weighted by atomic mass is 10.0. The van der Waals surface area contributed by atoms with Gasteiger partial charge in [-0.3, -0.25) is 4.98 Å². The minimum atomic E-state index is 0.399. The van der Waals surface area contributed by atoms with Gasteiger partial charge in [0.1, 0.15) is 17.5 Å². The number of rotatable bonds is 4. The quantitative estimate of drug-likeness (QED) is 0.544. The Morgan fingerprint density at radius 1 is 1.03 bits per heavy atom. The molecule has 3 aromatic heterocycles. The van der Waals surface area contributed by atoms with Gasteiger partial charge in [0.2, 0.25) is 0 Å². The van der Waals surface area contributed by atoms with Gasteiger partial charge in [-0.1, -0.05) is 24.3 Å². The Hall–Kier alpha value is -3.58. The van der Waals surface area contributed by atoms with Gasteiger partial charge in [-0.25, -0.2) is 15.0 Å². The van der Waals surface area contributed by atoms with Gasteiger partial charge >= 0.3 is 0 Å². The van der Waals surface area contributed by atoms with Gasteiger partial charge in [-0.15, -0.1) is 0 Å². The number of anilines is 3. The Morgan fingerprint density at radius 3 is 2.83 bits per heavy atom. The van der Waals surface area contributed by atoms with Crippen molar-refractivity contribution in [3.8, 4) is 11.3 Å². The Bertz CT molecular complexity index is 1160. The van der Waals surface area contributed by atoms with E-state index in [-0.39, 0.29) is 0 Å². The standard InChI is InChI=1S/C23H23N7/c1-16-14-25-10-11-30(16)22-13-18(6-7-27-22)23-19-5-3-2-4-17(19)12-20(29-23)28-21-15-24-8-9-26-21/h2-9,12-13,15-16,25H,10-11,14H2,1H3,(H,26,28,29). The van der Waals surface area contributed by atoms with Crippen LogP contribution in [0.4, 0.5) is 17.5 Å². The van der Waals surface area contributed by atoms with Crippen LogP contribution in [-0.4, -0.2) is 45.6 Å². The average molecular weight is 397 g/mol. The van der Waals surface area contributed by atoms with Crippen LogP contribution in [0, 0.1) is 0 Å². The van der Waals surface area contributed by atoms with Crippen LogP contribution >= 0.6 is 0 Å². The fourth-order valence-corrected chi connectivity index (χ4v) is 3.88. The van der Waals surface area contributed by atoms with E-state index in [0.717, 1.165) is 53.3 Å². The number of hydrogen-bond acceptors (Lipinski definition) is 7. The summed E-state index contributed by atoms with van der Waals surface area (Å²) in [7, 11) is 0. The number of benzene rings is 1. The van der Waals surface area contributed by atoms with Crippen molar-refractivity contribution in [2.75, 3.05) is 29.9 Å². The van der Waals surface area contributed by atoms with Crippen LogP contribution in [0.15, 0.2) is 67.3 Å². The van der Waals surface area contributed by atoms with E-state index in [9.17, 15) is 0 Å². The minimum Gasteiger partial charge on any atom is -0.351 e. The van der Waals surface area contributed by atoms with Crippen molar-refractivity contribution >= 4 is 28.2 Å². The third-order valence-corrected chi connectivity index (χ3v) is 5.37. The summed E-state index contributed by atoms with van der Waals surface area (Å²) in [6.07, 6.45) is 6.87. The highest BCUT2D eigenvalue weighted by Crippen LogP contribution is 2.31. The molecule has 1 aliphatic heterocycles. The van der Waals surface area contributed by atoms with E-state index in [1.165, 1.54) is 0 Å². The minimum absolute atomic E-state index is 0.399. The summed E-state index contributed by atoms with van der Waals surface area (Å²) in [5.41, 5.74) is 1.97. The molecule has 7 nitrogen and oxygen atoms in total. The molecular formula is C23H23N7. The lowest BCUT2D eigenvalue weighted by molar-refractivity contribution is 0.497. The normalized spacial score (nSPS) is 16.6. The first-order valence-corrected chi connectivity index (χ1v) is 10.1. The molecule has 0 aliphatic carbocycles. The van der Waals surface area contributed by atoms with Crippen molar-refractivity contribution in [3.05, 3.63) is 67.3 Å². The predicted molar refractivity (Wildman–Crippen MR) is 120 cm³/mol. The second kappa shape index (κ2) is 8.04. The molecule has 7 heteroatoms. The number of nitrogens with one attached hydrogen (secondary N) is 2. The molecule has 1 aromatic carbocycles. The topological polar surface area (TPSA) is 78.9 Å². The molecule has 1 saturated heterocycles. The fraction of sp³-hybridized carbons (Fsp3) is 0.217. The lowest BCUT2D eigenvalue weighted by Crippen LogP contribution is -2.50. The largest absolute Gasteiger partial charge is 0.351 e. The number of piperazine rings is 1. The molecule has 4 heterocycles.